The molecule has 1 saturated heterocycles. The van der Waals surface area contributed by atoms with Crippen LogP contribution in [-0.2, 0) is 11.2 Å². The Morgan fingerprint density at radius 1 is 1.43 bits per heavy atom. The third-order valence-corrected chi connectivity index (χ3v) is 4.04. The van der Waals surface area contributed by atoms with Crippen molar-refractivity contribution in [2.75, 3.05) is 33.3 Å². The number of pyridine rings is 1. The van der Waals surface area contributed by atoms with Crippen molar-refractivity contribution in [3.05, 3.63) is 29.6 Å². The summed E-state index contributed by atoms with van der Waals surface area (Å²) >= 11 is 0. The number of piperidine rings is 1. The van der Waals surface area contributed by atoms with Gasteiger partial charge in [0.05, 0.1) is 6.61 Å². The van der Waals surface area contributed by atoms with E-state index in [1.54, 1.807) is 11.9 Å². The highest BCUT2D eigenvalue weighted by Crippen LogP contribution is 2.23. The first-order valence-electron chi connectivity index (χ1n) is 7.72. The monoisotopic (exact) mass is 291 g/mol. The van der Waals surface area contributed by atoms with Crippen LogP contribution in [0, 0.1) is 0 Å². The fourth-order valence-corrected chi connectivity index (χ4v) is 2.68. The Morgan fingerprint density at radius 2 is 2.19 bits per heavy atom. The van der Waals surface area contributed by atoms with Crippen molar-refractivity contribution in [1.82, 2.24) is 15.2 Å². The molecule has 0 unspecified atom stereocenters. The molecule has 0 aromatic carbocycles. The fourth-order valence-electron chi connectivity index (χ4n) is 2.68. The van der Waals surface area contributed by atoms with E-state index in [4.69, 9.17) is 10.1 Å². The highest BCUT2D eigenvalue weighted by molar-refractivity contribution is 5.76. The molecule has 1 aliphatic rings. The minimum absolute atomic E-state index is 0.00565. The number of carbonyl (C=O) groups is 1. The standard InChI is InChI=1S/C16H25N3O2/c1-19(11-12-20)16(21)6-5-14-3-2-4-15(18-14)13-7-9-17-10-8-13/h2-4,13,17,20H,5-12H2,1H3. The number of aryl methyl sites for hydroxylation is 1. The third kappa shape index (κ3) is 4.79. The number of hydrogen-bond acceptors (Lipinski definition) is 4. The van der Waals surface area contributed by atoms with Gasteiger partial charge in [-0.25, -0.2) is 0 Å². The van der Waals surface area contributed by atoms with Crippen LogP contribution in [0.1, 0.15) is 36.6 Å². The Hall–Kier alpha value is -1.46. The Bertz CT molecular complexity index is 459. The molecule has 0 aliphatic carbocycles. The quantitative estimate of drug-likeness (QED) is 0.818. The molecule has 0 spiro atoms. The lowest BCUT2D eigenvalue weighted by atomic mass is 9.94. The summed E-state index contributed by atoms with van der Waals surface area (Å²) in [5.41, 5.74) is 2.14. The largest absolute Gasteiger partial charge is 0.395 e. The maximum Gasteiger partial charge on any atom is 0.222 e. The Morgan fingerprint density at radius 3 is 2.90 bits per heavy atom. The van der Waals surface area contributed by atoms with Gasteiger partial charge in [-0.05, 0) is 44.5 Å². The van der Waals surface area contributed by atoms with Crippen molar-refractivity contribution in [2.24, 2.45) is 0 Å². The second-order valence-electron chi connectivity index (χ2n) is 5.62. The summed E-state index contributed by atoms with van der Waals surface area (Å²) in [6.45, 7) is 2.51. The van der Waals surface area contributed by atoms with Crippen molar-refractivity contribution < 1.29 is 9.90 Å². The minimum atomic E-state index is 0.00565. The van der Waals surface area contributed by atoms with Gasteiger partial charge < -0.3 is 15.3 Å². The van der Waals surface area contributed by atoms with Crippen LogP contribution < -0.4 is 5.32 Å². The normalized spacial score (nSPS) is 15.9. The molecule has 5 heteroatoms. The molecule has 116 valence electrons. The lowest BCUT2D eigenvalue weighted by Gasteiger charge is -2.22. The van der Waals surface area contributed by atoms with E-state index in [9.17, 15) is 4.79 Å². The second kappa shape index (κ2) is 8.10. The molecular weight excluding hydrogens is 266 g/mol. The lowest BCUT2D eigenvalue weighted by molar-refractivity contribution is -0.130. The molecule has 5 nitrogen and oxygen atoms in total. The molecule has 1 amide bonds. The van der Waals surface area contributed by atoms with Crippen LogP contribution in [0.3, 0.4) is 0 Å². The number of likely N-dealkylation sites (N-methyl/N-ethyl adjacent to an activating group) is 1. The van der Waals surface area contributed by atoms with Crippen molar-refractivity contribution in [2.45, 2.75) is 31.6 Å². The van der Waals surface area contributed by atoms with Gasteiger partial charge in [0, 0.05) is 37.3 Å². The number of rotatable bonds is 6. The summed E-state index contributed by atoms with van der Waals surface area (Å²) < 4.78 is 0. The predicted octanol–water partition coefficient (Wildman–Crippen LogP) is 0.932. The van der Waals surface area contributed by atoms with Gasteiger partial charge in [-0.15, -0.1) is 0 Å². The molecule has 2 rings (SSSR count). The van der Waals surface area contributed by atoms with Gasteiger partial charge in [0.2, 0.25) is 5.91 Å². The molecule has 0 bridgehead atoms. The summed E-state index contributed by atoms with van der Waals surface area (Å²) in [5.74, 6) is 0.595. The van der Waals surface area contributed by atoms with Crippen LogP contribution in [0.15, 0.2) is 18.2 Å². The number of nitrogens with zero attached hydrogens (tertiary/aromatic N) is 2. The summed E-state index contributed by atoms with van der Waals surface area (Å²) in [6, 6.07) is 6.13. The molecule has 0 atom stereocenters. The molecule has 0 saturated carbocycles. The molecular formula is C16H25N3O2. The van der Waals surface area contributed by atoms with E-state index in [1.807, 2.05) is 12.1 Å². The average Bonchev–Trinajstić information content (AvgIpc) is 2.54. The van der Waals surface area contributed by atoms with Crippen LogP contribution in [0.5, 0.6) is 0 Å². The third-order valence-electron chi connectivity index (χ3n) is 4.04. The van der Waals surface area contributed by atoms with Gasteiger partial charge >= 0.3 is 0 Å². The molecule has 21 heavy (non-hydrogen) atoms. The first-order chi connectivity index (χ1) is 10.2. The van der Waals surface area contributed by atoms with E-state index in [1.165, 1.54) is 0 Å². The molecule has 2 N–H and O–H groups in total. The number of hydrogen-bond donors (Lipinski definition) is 2. The topological polar surface area (TPSA) is 65.5 Å². The minimum Gasteiger partial charge on any atom is -0.395 e. The zero-order chi connectivity index (χ0) is 15.1. The summed E-state index contributed by atoms with van der Waals surface area (Å²) in [6.07, 6.45) is 3.37. The maximum atomic E-state index is 11.9. The average molecular weight is 291 g/mol. The van der Waals surface area contributed by atoms with Crippen LogP contribution in [-0.4, -0.2) is 54.2 Å². The molecule has 1 aromatic rings. The van der Waals surface area contributed by atoms with Gasteiger partial charge in [0.1, 0.15) is 0 Å². The highest BCUT2D eigenvalue weighted by atomic mass is 16.3. The van der Waals surface area contributed by atoms with Gasteiger partial charge in [0.15, 0.2) is 0 Å². The second-order valence-corrected chi connectivity index (χ2v) is 5.62. The Balaban J connectivity index is 1.90. The number of carbonyl (C=O) groups excluding carboxylic acids is 1. The maximum absolute atomic E-state index is 11.9. The van der Waals surface area contributed by atoms with Crippen molar-refractivity contribution in [3.63, 3.8) is 0 Å². The van der Waals surface area contributed by atoms with Crippen molar-refractivity contribution >= 4 is 5.91 Å². The highest BCUT2D eigenvalue weighted by Gasteiger charge is 2.16. The van der Waals surface area contributed by atoms with E-state index >= 15 is 0 Å². The van der Waals surface area contributed by atoms with Gasteiger partial charge in [-0.1, -0.05) is 6.07 Å². The van der Waals surface area contributed by atoms with Crippen molar-refractivity contribution in [1.29, 1.82) is 0 Å². The number of aliphatic hydroxyl groups excluding tert-OH is 1. The smallest absolute Gasteiger partial charge is 0.222 e. The van der Waals surface area contributed by atoms with Crippen LogP contribution in [0.25, 0.3) is 0 Å². The zero-order valence-electron chi connectivity index (χ0n) is 12.7. The van der Waals surface area contributed by atoms with E-state index in [0.717, 1.165) is 37.3 Å². The van der Waals surface area contributed by atoms with Crippen molar-refractivity contribution in [3.8, 4) is 0 Å². The van der Waals surface area contributed by atoms with Gasteiger partial charge in [0.25, 0.3) is 0 Å². The van der Waals surface area contributed by atoms with E-state index in [2.05, 4.69) is 11.4 Å². The summed E-state index contributed by atoms with van der Waals surface area (Å²) in [4.78, 5) is 18.2. The molecule has 0 radical (unpaired) electrons. The zero-order valence-corrected chi connectivity index (χ0v) is 12.7. The van der Waals surface area contributed by atoms with Crippen LogP contribution in [0.2, 0.25) is 0 Å². The van der Waals surface area contributed by atoms with Gasteiger partial charge in [-0.2, -0.15) is 0 Å². The number of aliphatic hydroxyl groups is 1. The summed E-state index contributed by atoms with van der Waals surface area (Å²) in [7, 11) is 1.72. The van der Waals surface area contributed by atoms with Crippen LogP contribution >= 0.6 is 0 Å². The lowest BCUT2D eigenvalue weighted by Crippen LogP contribution is -2.29. The van der Waals surface area contributed by atoms with E-state index in [0.29, 0.717) is 25.3 Å². The SMILES string of the molecule is CN(CCO)C(=O)CCc1cccc(C2CCNCC2)n1. The Kier molecular flexibility index (Phi) is 6.14. The van der Waals surface area contributed by atoms with Crippen LogP contribution in [0.4, 0.5) is 0 Å². The Labute approximate surface area is 126 Å². The molecule has 1 fully saturated rings. The van der Waals surface area contributed by atoms with Gasteiger partial charge in [-0.3, -0.25) is 9.78 Å². The number of nitrogens with one attached hydrogen (secondary N) is 1. The predicted molar refractivity (Wildman–Crippen MR) is 82.1 cm³/mol. The van der Waals surface area contributed by atoms with E-state index in [-0.39, 0.29) is 12.5 Å². The number of aromatic nitrogens is 1. The molecule has 1 aliphatic heterocycles. The molecule has 1 aromatic heterocycles. The molecule has 2 heterocycles. The number of amides is 1. The first kappa shape index (κ1) is 15.9. The first-order valence-corrected chi connectivity index (χ1v) is 7.72. The fraction of sp³-hybridized carbons (Fsp3) is 0.625. The van der Waals surface area contributed by atoms with E-state index < -0.39 is 0 Å². The summed E-state index contributed by atoms with van der Waals surface area (Å²) in [5, 5.41) is 12.2.